The summed E-state index contributed by atoms with van der Waals surface area (Å²) >= 11 is 0. The van der Waals surface area contributed by atoms with Crippen molar-refractivity contribution in [3.05, 3.63) is 35.9 Å². The van der Waals surface area contributed by atoms with Gasteiger partial charge in [-0.2, -0.15) is 13.2 Å². The fraction of sp³-hybridized carbons (Fsp3) is 0.652. The summed E-state index contributed by atoms with van der Waals surface area (Å²) in [5, 5.41) is 0. The number of alkyl halides is 3. The molecule has 0 radical (unpaired) electrons. The van der Waals surface area contributed by atoms with E-state index in [-0.39, 0.29) is 18.0 Å². The highest BCUT2D eigenvalue weighted by atomic mass is 19.4. The second-order valence-electron chi connectivity index (χ2n) is 7.45. The van der Waals surface area contributed by atoms with Crippen molar-refractivity contribution in [2.45, 2.75) is 82.6 Å². The van der Waals surface area contributed by atoms with Crippen LogP contribution in [0, 0.1) is 0 Å². The first-order valence-electron chi connectivity index (χ1n) is 10.7. The highest BCUT2D eigenvalue weighted by molar-refractivity contribution is 5.82. The summed E-state index contributed by atoms with van der Waals surface area (Å²) in [5.74, 6) is -1.76. The first-order valence-corrected chi connectivity index (χ1v) is 10.7. The molecule has 0 aliphatic heterocycles. The van der Waals surface area contributed by atoms with Gasteiger partial charge in [0.05, 0.1) is 7.11 Å². The standard InChI is InChI=1S/C23H33F3O5/c1-4-5-8-15-19(16-11-7-12-17-20(27)29-2)31-21(28)22(30-3,23(24,25)26)18-13-9-6-10-14-18/h6,9-10,13-14,19H,4-5,7-8,11-12,15-17H2,1-3H3/t19-,22+/m0/s1. The lowest BCUT2D eigenvalue weighted by Gasteiger charge is -2.34. The summed E-state index contributed by atoms with van der Waals surface area (Å²) < 4.78 is 57.0. The van der Waals surface area contributed by atoms with E-state index in [1.165, 1.54) is 31.4 Å². The lowest BCUT2D eigenvalue weighted by Crippen LogP contribution is -2.52. The molecule has 0 heterocycles. The van der Waals surface area contributed by atoms with E-state index in [4.69, 9.17) is 9.47 Å². The van der Waals surface area contributed by atoms with Crippen LogP contribution in [0.15, 0.2) is 30.3 Å². The Morgan fingerprint density at radius 2 is 1.55 bits per heavy atom. The molecule has 5 nitrogen and oxygen atoms in total. The van der Waals surface area contributed by atoms with Gasteiger partial charge >= 0.3 is 18.1 Å². The summed E-state index contributed by atoms with van der Waals surface area (Å²) in [6.45, 7) is 2.02. The van der Waals surface area contributed by atoms with Crippen LogP contribution in [-0.4, -0.2) is 38.4 Å². The van der Waals surface area contributed by atoms with Crippen molar-refractivity contribution in [1.82, 2.24) is 0 Å². The molecule has 0 N–H and O–H groups in total. The van der Waals surface area contributed by atoms with E-state index in [0.29, 0.717) is 32.1 Å². The third-order valence-corrected chi connectivity index (χ3v) is 5.21. The van der Waals surface area contributed by atoms with Gasteiger partial charge in [-0.25, -0.2) is 4.79 Å². The van der Waals surface area contributed by atoms with Crippen molar-refractivity contribution in [3.8, 4) is 0 Å². The van der Waals surface area contributed by atoms with Gasteiger partial charge < -0.3 is 14.2 Å². The minimum Gasteiger partial charge on any atom is -0.469 e. The van der Waals surface area contributed by atoms with Crippen LogP contribution in [0.2, 0.25) is 0 Å². The van der Waals surface area contributed by atoms with Crippen LogP contribution in [0.5, 0.6) is 0 Å². The fourth-order valence-electron chi connectivity index (χ4n) is 3.43. The van der Waals surface area contributed by atoms with Gasteiger partial charge in [0, 0.05) is 19.1 Å². The third-order valence-electron chi connectivity index (χ3n) is 5.21. The van der Waals surface area contributed by atoms with Crippen LogP contribution < -0.4 is 0 Å². The Hall–Kier alpha value is -2.09. The minimum absolute atomic E-state index is 0.283. The molecule has 176 valence electrons. The molecule has 0 spiro atoms. The molecule has 1 rings (SSSR count). The molecule has 8 heteroatoms. The average molecular weight is 447 g/mol. The van der Waals surface area contributed by atoms with Crippen molar-refractivity contribution >= 4 is 11.9 Å². The molecule has 31 heavy (non-hydrogen) atoms. The van der Waals surface area contributed by atoms with Crippen LogP contribution >= 0.6 is 0 Å². The summed E-state index contributed by atoms with van der Waals surface area (Å²) in [5.41, 5.74) is -3.50. The van der Waals surface area contributed by atoms with Crippen LogP contribution in [0.25, 0.3) is 0 Å². The van der Waals surface area contributed by atoms with Crippen molar-refractivity contribution in [2.24, 2.45) is 0 Å². The van der Waals surface area contributed by atoms with E-state index in [1.54, 1.807) is 6.07 Å². The van der Waals surface area contributed by atoms with Gasteiger partial charge in [0.1, 0.15) is 6.10 Å². The Morgan fingerprint density at radius 1 is 0.935 bits per heavy atom. The summed E-state index contributed by atoms with van der Waals surface area (Å²) in [7, 11) is 2.18. The van der Waals surface area contributed by atoms with E-state index in [1.807, 2.05) is 6.92 Å². The van der Waals surface area contributed by atoms with Crippen LogP contribution in [-0.2, 0) is 29.4 Å². The number of methoxy groups -OCH3 is 2. The quantitative estimate of drug-likeness (QED) is 0.271. The molecule has 1 aromatic carbocycles. The van der Waals surface area contributed by atoms with Crippen LogP contribution in [0.4, 0.5) is 13.2 Å². The van der Waals surface area contributed by atoms with E-state index in [9.17, 15) is 22.8 Å². The SMILES string of the molecule is CCCCC[C@@H](CCCCCC(=O)OC)OC(=O)[C@](OC)(c1ccccc1)C(F)(F)F. The molecule has 1 aromatic rings. The van der Waals surface area contributed by atoms with E-state index in [2.05, 4.69) is 4.74 Å². The molecular formula is C23H33F3O5. The second-order valence-corrected chi connectivity index (χ2v) is 7.45. The zero-order valence-electron chi connectivity index (χ0n) is 18.5. The van der Waals surface area contributed by atoms with E-state index < -0.39 is 23.9 Å². The molecule has 0 amide bonds. The predicted octanol–water partition coefficient (Wildman–Crippen LogP) is 5.71. The Balaban J connectivity index is 2.92. The number of halogens is 3. The number of hydrogen-bond donors (Lipinski definition) is 0. The zero-order valence-corrected chi connectivity index (χ0v) is 18.5. The number of ether oxygens (including phenoxy) is 3. The Labute approximate surface area is 182 Å². The monoisotopic (exact) mass is 446 g/mol. The first-order chi connectivity index (χ1) is 14.7. The molecule has 0 saturated carbocycles. The van der Waals surface area contributed by atoms with Gasteiger partial charge in [0.2, 0.25) is 0 Å². The third kappa shape index (κ3) is 7.83. The lowest BCUT2D eigenvalue weighted by atomic mass is 9.92. The molecule has 0 fully saturated rings. The number of carbonyl (C=O) groups is 2. The van der Waals surface area contributed by atoms with Gasteiger partial charge in [0.15, 0.2) is 0 Å². The fourth-order valence-corrected chi connectivity index (χ4v) is 3.43. The van der Waals surface area contributed by atoms with E-state index in [0.717, 1.165) is 26.4 Å². The van der Waals surface area contributed by atoms with Gasteiger partial charge in [0.25, 0.3) is 5.60 Å². The molecule has 0 bridgehead atoms. The molecule has 0 aliphatic rings. The molecule has 0 aliphatic carbocycles. The number of carbonyl (C=O) groups excluding carboxylic acids is 2. The van der Waals surface area contributed by atoms with Crippen LogP contribution in [0.3, 0.4) is 0 Å². The smallest absolute Gasteiger partial charge is 0.432 e. The van der Waals surface area contributed by atoms with Crippen molar-refractivity contribution in [2.75, 3.05) is 14.2 Å². The summed E-state index contributed by atoms with van der Waals surface area (Å²) in [6.07, 6.45) is 0.0238. The van der Waals surface area contributed by atoms with Gasteiger partial charge in [-0.05, 0) is 32.1 Å². The summed E-state index contributed by atoms with van der Waals surface area (Å²) in [6, 6.07) is 6.81. The molecule has 0 saturated heterocycles. The number of rotatable bonds is 14. The Bertz CT molecular complexity index is 663. The van der Waals surface area contributed by atoms with E-state index >= 15 is 0 Å². The highest BCUT2D eigenvalue weighted by Gasteiger charge is 2.64. The average Bonchev–Trinajstić information content (AvgIpc) is 2.73. The number of unbranched alkanes of at least 4 members (excludes halogenated alkanes) is 4. The largest absolute Gasteiger partial charge is 0.469 e. The molecule has 2 atom stereocenters. The van der Waals surface area contributed by atoms with Gasteiger partial charge in [-0.3, -0.25) is 4.79 Å². The Morgan fingerprint density at radius 3 is 2.06 bits per heavy atom. The molecule has 0 unspecified atom stereocenters. The minimum atomic E-state index is -4.99. The summed E-state index contributed by atoms with van der Waals surface area (Å²) in [4.78, 5) is 24.1. The maximum atomic E-state index is 14.1. The maximum absolute atomic E-state index is 14.1. The number of hydrogen-bond acceptors (Lipinski definition) is 5. The zero-order chi connectivity index (χ0) is 23.3. The molecule has 0 aromatic heterocycles. The maximum Gasteiger partial charge on any atom is 0.432 e. The number of benzene rings is 1. The highest BCUT2D eigenvalue weighted by Crippen LogP contribution is 2.43. The topological polar surface area (TPSA) is 61.8 Å². The van der Waals surface area contributed by atoms with Crippen molar-refractivity contribution in [1.29, 1.82) is 0 Å². The van der Waals surface area contributed by atoms with Gasteiger partial charge in [-0.15, -0.1) is 0 Å². The number of esters is 2. The lowest BCUT2D eigenvalue weighted by molar-refractivity contribution is -0.278. The Kier molecular flexibility index (Phi) is 11.6. The second kappa shape index (κ2) is 13.3. The first kappa shape index (κ1) is 26.9. The predicted molar refractivity (Wildman–Crippen MR) is 110 cm³/mol. The van der Waals surface area contributed by atoms with Crippen molar-refractivity contribution < 1.29 is 37.0 Å². The molecular weight excluding hydrogens is 413 g/mol. The van der Waals surface area contributed by atoms with Crippen LogP contribution in [0.1, 0.15) is 70.3 Å². The van der Waals surface area contributed by atoms with Crippen molar-refractivity contribution in [3.63, 3.8) is 0 Å². The van der Waals surface area contributed by atoms with Gasteiger partial charge in [-0.1, -0.05) is 56.5 Å². The normalized spacial score (nSPS) is 14.5.